The van der Waals surface area contributed by atoms with Crippen molar-refractivity contribution in [2.45, 2.75) is 40.2 Å². The molecule has 130 valence electrons. The lowest BCUT2D eigenvalue weighted by molar-refractivity contribution is -0.131. The molecule has 1 aromatic carbocycles. The fraction of sp³-hybridized carbons (Fsp3) is 0.500. The van der Waals surface area contributed by atoms with Gasteiger partial charge in [-0.2, -0.15) is 0 Å². The summed E-state index contributed by atoms with van der Waals surface area (Å²) in [6.45, 7) is 7.82. The minimum absolute atomic E-state index is 0.0276. The summed E-state index contributed by atoms with van der Waals surface area (Å²) in [5.74, 6) is 0.966. The number of rotatable bonds is 8. The molecule has 0 atom stereocenters. The number of amides is 2. The Hall–Kier alpha value is -2.37. The van der Waals surface area contributed by atoms with Crippen LogP contribution in [0.25, 0.3) is 11.0 Å². The van der Waals surface area contributed by atoms with Crippen LogP contribution in [0.3, 0.4) is 0 Å². The molecule has 2 amide bonds. The Bertz CT molecular complexity index is 704. The van der Waals surface area contributed by atoms with E-state index in [-0.39, 0.29) is 11.8 Å². The van der Waals surface area contributed by atoms with E-state index in [9.17, 15) is 9.59 Å². The zero-order chi connectivity index (χ0) is 17.5. The summed E-state index contributed by atoms with van der Waals surface area (Å²) in [4.78, 5) is 30.0. The van der Waals surface area contributed by atoms with Crippen molar-refractivity contribution >= 4 is 22.8 Å². The molecule has 1 heterocycles. The van der Waals surface area contributed by atoms with Crippen molar-refractivity contribution in [3.63, 3.8) is 0 Å². The van der Waals surface area contributed by atoms with E-state index in [2.05, 4.69) is 10.3 Å². The van der Waals surface area contributed by atoms with Crippen LogP contribution in [0.5, 0.6) is 0 Å². The first-order valence-corrected chi connectivity index (χ1v) is 8.53. The highest BCUT2D eigenvalue weighted by Gasteiger charge is 2.16. The second-order valence-electron chi connectivity index (χ2n) is 5.76. The van der Waals surface area contributed by atoms with E-state index in [4.69, 9.17) is 0 Å². The number of nitrogens with zero attached hydrogens (tertiary/aromatic N) is 3. The van der Waals surface area contributed by atoms with Gasteiger partial charge in [0.25, 0.3) is 0 Å². The quantitative estimate of drug-likeness (QED) is 0.753. The topological polar surface area (TPSA) is 67.2 Å². The number of aromatic nitrogens is 2. The summed E-state index contributed by atoms with van der Waals surface area (Å²) >= 11 is 0. The molecule has 0 aliphatic heterocycles. The number of carbonyl (C=O) groups excluding carboxylic acids is 2. The van der Waals surface area contributed by atoms with E-state index < -0.39 is 0 Å². The maximum atomic E-state index is 12.5. The van der Waals surface area contributed by atoms with Gasteiger partial charge in [-0.3, -0.25) is 9.59 Å². The monoisotopic (exact) mass is 330 g/mol. The van der Waals surface area contributed by atoms with Crippen LogP contribution in [-0.4, -0.2) is 45.9 Å². The maximum Gasteiger partial charge on any atom is 0.242 e. The standard InChI is InChI=1S/C18H26N4O2/c1-4-21(5-2)18(24)13-22-16-10-7-6-9-15(16)20-17(22)11-8-12-19-14(3)23/h6-7,9-10H,4-5,8,11-13H2,1-3H3,(H,19,23). The van der Waals surface area contributed by atoms with Crippen molar-refractivity contribution in [1.29, 1.82) is 0 Å². The largest absolute Gasteiger partial charge is 0.356 e. The molecule has 2 aromatic rings. The molecule has 1 N–H and O–H groups in total. The number of imidazole rings is 1. The van der Waals surface area contributed by atoms with Gasteiger partial charge in [0, 0.05) is 33.0 Å². The highest BCUT2D eigenvalue weighted by molar-refractivity contribution is 5.81. The van der Waals surface area contributed by atoms with Crippen molar-refractivity contribution in [3.8, 4) is 0 Å². The minimum Gasteiger partial charge on any atom is -0.356 e. The lowest BCUT2D eigenvalue weighted by Gasteiger charge is -2.20. The van der Waals surface area contributed by atoms with Gasteiger partial charge in [0.05, 0.1) is 11.0 Å². The number of hydrogen-bond acceptors (Lipinski definition) is 3. The predicted octanol–water partition coefficient (Wildman–Crippen LogP) is 1.97. The van der Waals surface area contributed by atoms with Gasteiger partial charge in [0.15, 0.2) is 0 Å². The first kappa shape index (κ1) is 18.0. The number of likely N-dealkylation sites (N-methyl/N-ethyl adjacent to an activating group) is 1. The highest BCUT2D eigenvalue weighted by Crippen LogP contribution is 2.17. The zero-order valence-electron chi connectivity index (χ0n) is 14.7. The van der Waals surface area contributed by atoms with E-state index in [1.807, 2.05) is 47.6 Å². The van der Waals surface area contributed by atoms with Gasteiger partial charge in [0.1, 0.15) is 12.4 Å². The van der Waals surface area contributed by atoms with Crippen molar-refractivity contribution in [2.75, 3.05) is 19.6 Å². The van der Waals surface area contributed by atoms with Crippen molar-refractivity contribution < 1.29 is 9.59 Å². The molecular formula is C18H26N4O2. The lowest BCUT2D eigenvalue weighted by Crippen LogP contribution is -2.33. The number of fused-ring (bicyclic) bond motifs is 1. The summed E-state index contributed by atoms with van der Waals surface area (Å²) in [5.41, 5.74) is 1.88. The summed E-state index contributed by atoms with van der Waals surface area (Å²) in [6.07, 6.45) is 1.52. The molecular weight excluding hydrogens is 304 g/mol. The number of carbonyl (C=O) groups is 2. The molecule has 0 fully saturated rings. The molecule has 6 nitrogen and oxygen atoms in total. The highest BCUT2D eigenvalue weighted by atomic mass is 16.2. The Morgan fingerprint density at radius 3 is 2.58 bits per heavy atom. The molecule has 6 heteroatoms. The molecule has 1 aromatic heterocycles. The number of para-hydroxylation sites is 2. The van der Waals surface area contributed by atoms with Crippen LogP contribution in [0.2, 0.25) is 0 Å². The molecule has 0 aliphatic rings. The van der Waals surface area contributed by atoms with E-state index in [1.54, 1.807) is 0 Å². The first-order chi connectivity index (χ1) is 11.6. The van der Waals surface area contributed by atoms with E-state index in [0.717, 1.165) is 29.7 Å². The second kappa shape index (κ2) is 8.47. The molecule has 24 heavy (non-hydrogen) atoms. The average molecular weight is 330 g/mol. The van der Waals surface area contributed by atoms with E-state index >= 15 is 0 Å². The average Bonchev–Trinajstić information content (AvgIpc) is 2.90. The van der Waals surface area contributed by atoms with E-state index in [1.165, 1.54) is 6.92 Å². The third kappa shape index (κ3) is 4.34. The van der Waals surface area contributed by atoms with Gasteiger partial charge >= 0.3 is 0 Å². The Morgan fingerprint density at radius 2 is 1.92 bits per heavy atom. The molecule has 2 rings (SSSR count). The maximum absolute atomic E-state index is 12.5. The molecule has 0 radical (unpaired) electrons. The van der Waals surface area contributed by atoms with Crippen LogP contribution in [0.15, 0.2) is 24.3 Å². The normalized spacial score (nSPS) is 10.8. The summed E-state index contributed by atoms with van der Waals surface area (Å²) in [7, 11) is 0. The molecule has 0 spiro atoms. The van der Waals surface area contributed by atoms with Gasteiger partial charge in [-0.1, -0.05) is 12.1 Å². The number of aryl methyl sites for hydroxylation is 1. The first-order valence-electron chi connectivity index (χ1n) is 8.53. The van der Waals surface area contributed by atoms with Crippen LogP contribution in [-0.2, 0) is 22.6 Å². The van der Waals surface area contributed by atoms with Gasteiger partial charge in [-0.05, 0) is 32.4 Å². The fourth-order valence-electron chi connectivity index (χ4n) is 2.82. The molecule has 0 bridgehead atoms. The van der Waals surface area contributed by atoms with Gasteiger partial charge in [-0.15, -0.1) is 0 Å². The molecule has 0 saturated carbocycles. The number of hydrogen-bond donors (Lipinski definition) is 1. The Kier molecular flexibility index (Phi) is 6.35. The van der Waals surface area contributed by atoms with Gasteiger partial charge in [-0.25, -0.2) is 4.98 Å². The third-order valence-electron chi connectivity index (χ3n) is 4.09. The smallest absolute Gasteiger partial charge is 0.242 e. The predicted molar refractivity (Wildman–Crippen MR) is 94.7 cm³/mol. The molecule has 0 aliphatic carbocycles. The Labute approximate surface area is 142 Å². The second-order valence-corrected chi connectivity index (χ2v) is 5.76. The number of nitrogens with one attached hydrogen (secondary N) is 1. The van der Waals surface area contributed by atoms with Crippen molar-refractivity contribution in [2.24, 2.45) is 0 Å². The Morgan fingerprint density at radius 1 is 1.21 bits per heavy atom. The minimum atomic E-state index is -0.0276. The van der Waals surface area contributed by atoms with Crippen LogP contribution < -0.4 is 5.32 Å². The van der Waals surface area contributed by atoms with Crippen molar-refractivity contribution in [1.82, 2.24) is 19.8 Å². The zero-order valence-corrected chi connectivity index (χ0v) is 14.7. The third-order valence-corrected chi connectivity index (χ3v) is 4.09. The van der Waals surface area contributed by atoms with Crippen LogP contribution in [0, 0.1) is 0 Å². The van der Waals surface area contributed by atoms with E-state index in [0.29, 0.717) is 26.2 Å². The summed E-state index contributed by atoms with van der Waals surface area (Å²) in [6, 6.07) is 7.87. The number of benzene rings is 1. The Balaban J connectivity index is 2.20. The van der Waals surface area contributed by atoms with Crippen molar-refractivity contribution in [3.05, 3.63) is 30.1 Å². The lowest BCUT2D eigenvalue weighted by atomic mass is 10.3. The fourth-order valence-corrected chi connectivity index (χ4v) is 2.82. The molecule has 0 saturated heterocycles. The van der Waals surface area contributed by atoms with Crippen LogP contribution in [0.4, 0.5) is 0 Å². The van der Waals surface area contributed by atoms with Crippen LogP contribution in [0.1, 0.15) is 33.0 Å². The summed E-state index contributed by atoms with van der Waals surface area (Å²) in [5, 5.41) is 2.80. The summed E-state index contributed by atoms with van der Waals surface area (Å²) < 4.78 is 2.00. The SMILES string of the molecule is CCN(CC)C(=O)Cn1c(CCCNC(C)=O)nc2ccccc21. The molecule has 0 unspecified atom stereocenters. The van der Waals surface area contributed by atoms with Crippen LogP contribution >= 0.6 is 0 Å². The van der Waals surface area contributed by atoms with Gasteiger partial charge < -0.3 is 14.8 Å². The van der Waals surface area contributed by atoms with Gasteiger partial charge in [0.2, 0.25) is 11.8 Å².